The van der Waals surface area contributed by atoms with Crippen LogP contribution in [-0.4, -0.2) is 108 Å². The molecule has 121 heavy (non-hydrogen) atoms. The summed E-state index contributed by atoms with van der Waals surface area (Å²) in [5, 5.41) is 27.8. The monoisotopic (exact) mass is 1720 g/mol. The molecule has 8 rings (SSSR count). The van der Waals surface area contributed by atoms with Crippen LogP contribution in [0.1, 0.15) is 203 Å². The molecule has 0 aliphatic rings. The second kappa shape index (κ2) is 60.6. The van der Waals surface area contributed by atoms with Crippen molar-refractivity contribution in [1.82, 2.24) is 0 Å². The number of carbonyl (C=O) groups is 1. The Morgan fingerprint density at radius 3 is 0.785 bits per heavy atom. The molecule has 0 heterocycles. The van der Waals surface area contributed by atoms with Crippen molar-refractivity contribution in [2.24, 2.45) is 0 Å². The van der Waals surface area contributed by atoms with Crippen LogP contribution in [0.3, 0.4) is 0 Å². The number of benzene rings is 8. The number of esters is 1. The summed E-state index contributed by atoms with van der Waals surface area (Å²) < 4.78 is 31.6. The third-order valence-corrected chi connectivity index (χ3v) is 40.6. The molecule has 0 fully saturated rings. The van der Waals surface area contributed by atoms with Crippen LogP contribution in [0.25, 0.3) is 0 Å². The molecule has 0 unspecified atom stereocenters. The van der Waals surface area contributed by atoms with Crippen molar-refractivity contribution in [2.45, 2.75) is 223 Å². The molecule has 0 atom stereocenters. The van der Waals surface area contributed by atoms with Crippen molar-refractivity contribution < 1.29 is 47.0 Å². The molecule has 8 aromatic rings. The van der Waals surface area contributed by atoms with Gasteiger partial charge in [0.15, 0.2) is 0 Å². The minimum absolute atomic E-state index is 0.00427. The molecular formula is C106H145ClO10Si4. The van der Waals surface area contributed by atoms with Gasteiger partial charge in [0.25, 0.3) is 33.3 Å². The van der Waals surface area contributed by atoms with Crippen LogP contribution >= 0.6 is 11.6 Å². The number of allylic oxidation sites excluding steroid dienone is 3. The number of hydrogen-bond acceptors (Lipinski definition) is 10. The zero-order valence-corrected chi connectivity index (χ0v) is 81.9. The standard InChI is InChI=1S/C23H32OSi.C22H29ClOSi.C22H30O2Si.C22H30OSi.C7H10O2.C5H8.C4H6O.CO2/c1-6-13-20(2)18-19-24-25(23(3,4)5,21-14-9-7-10-15-21)22-16-11-8-12-17-22;2*1-19(15-17-23)16-18-24-25(22(2,3)4,20-11-7-5-8-12-20)21-13-9-6-10-14-21;1-6-19(2)17-18-23-24(22(3,4)5,20-13-9-7-10-14-20)21-15-11-8-12-16-21;1-3-4-5-6-7(8)9-2;1-3-5-4-2;1-2-3-4-5;2-1-3/h7-17H,6,18-19H2,1-5H3;5-15H,16-18H2,1-4H3;5-15,23H,16-18H2,1-4H3;6-16H,17-18H2,1-5H3;3-4H2,1-2H3;1H,4-5H2,2H3;1,5H,3-4H2;. The minimum atomic E-state index is -2.43. The first-order valence-electron chi connectivity index (χ1n) is 42.5. The number of alkyl halides is 1. The number of terminal acetylenes is 2. The van der Waals surface area contributed by atoms with E-state index in [9.17, 15) is 4.79 Å². The van der Waals surface area contributed by atoms with E-state index in [1.165, 1.54) is 70.9 Å². The van der Waals surface area contributed by atoms with Gasteiger partial charge in [-0.25, -0.2) is 4.79 Å². The maximum absolute atomic E-state index is 10.3. The van der Waals surface area contributed by atoms with Gasteiger partial charge in [-0.3, -0.25) is 0 Å². The molecule has 0 aromatic heterocycles. The molecular weight excluding hydrogens is 1580 g/mol. The lowest BCUT2D eigenvalue weighted by Crippen LogP contribution is -2.66. The van der Waals surface area contributed by atoms with Gasteiger partial charge in [-0.1, -0.05) is 399 Å². The lowest BCUT2D eigenvalue weighted by molar-refractivity contribution is -0.191. The van der Waals surface area contributed by atoms with Crippen LogP contribution in [0.4, 0.5) is 0 Å². The van der Waals surface area contributed by atoms with Crippen LogP contribution < -0.4 is 41.5 Å². The molecule has 0 saturated heterocycles. The normalized spacial score (nSPS) is 11.9. The highest BCUT2D eigenvalue weighted by Gasteiger charge is 2.53. The van der Waals surface area contributed by atoms with Crippen molar-refractivity contribution in [3.63, 3.8) is 0 Å². The fraction of sp³-hybridized carbons (Fsp3) is 0.396. The molecule has 0 amide bonds. The lowest BCUT2D eigenvalue weighted by Gasteiger charge is -2.43. The first kappa shape index (κ1) is 110. The summed E-state index contributed by atoms with van der Waals surface area (Å²) in [5.74, 6) is 9.87. The fourth-order valence-corrected chi connectivity index (χ4v) is 32.6. The minimum Gasteiger partial charge on any atom is -0.459 e. The third-order valence-electron chi connectivity index (χ3n) is 20.2. The number of ether oxygens (including phenoxy) is 1. The van der Waals surface area contributed by atoms with E-state index in [0.717, 1.165) is 71.0 Å². The average molecular weight is 1730 g/mol. The summed E-state index contributed by atoms with van der Waals surface area (Å²) in [4.78, 5) is 26.5. The van der Waals surface area contributed by atoms with E-state index in [4.69, 9.17) is 62.0 Å². The average Bonchev–Trinajstić information content (AvgIpc) is 0.770. The Labute approximate surface area is 741 Å². The third kappa shape index (κ3) is 37.0. The Morgan fingerprint density at radius 2 is 0.620 bits per heavy atom. The zero-order valence-electron chi connectivity index (χ0n) is 77.1. The van der Waals surface area contributed by atoms with E-state index < -0.39 is 39.2 Å². The van der Waals surface area contributed by atoms with Crippen LogP contribution in [-0.2, 0) is 36.8 Å². The van der Waals surface area contributed by atoms with E-state index >= 15 is 0 Å². The number of rotatable bonds is 30. The molecule has 652 valence electrons. The van der Waals surface area contributed by atoms with Gasteiger partial charge in [0.2, 0.25) is 0 Å². The van der Waals surface area contributed by atoms with Crippen molar-refractivity contribution in [3.8, 4) is 36.5 Å². The molecule has 10 nitrogen and oxygen atoms in total. The highest BCUT2D eigenvalue weighted by atomic mass is 35.5. The van der Waals surface area contributed by atoms with E-state index in [0.29, 0.717) is 25.5 Å². The lowest BCUT2D eigenvalue weighted by atomic mass is 10.2. The topological polar surface area (TPSA) is 138 Å². The van der Waals surface area contributed by atoms with Crippen LogP contribution in [0.15, 0.2) is 289 Å². The van der Waals surface area contributed by atoms with Gasteiger partial charge in [0.1, 0.15) is 0 Å². The summed E-state index contributed by atoms with van der Waals surface area (Å²) in [6.07, 6.45) is 27.3. The van der Waals surface area contributed by atoms with Gasteiger partial charge in [0.05, 0.1) is 20.3 Å². The zero-order chi connectivity index (χ0) is 90.7. The molecule has 2 N–H and O–H groups in total. The number of carbonyl (C=O) groups excluding carboxylic acids is 3. The van der Waals surface area contributed by atoms with E-state index in [-0.39, 0.29) is 39.5 Å². The van der Waals surface area contributed by atoms with Gasteiger partial charge in [-0.2, -0.15) is 9.59 Å². The SMILES string of the molecule is C#CCCC.C#CCCO.CC(=CCCl)CCO[Si](c1ccccc1)(c1ccccc1)C(C)(C)C.CC(=CCO)CCO[Si](c1ccccc1)(c1ccccc1)C(C)(C)C.CC=C(C)CCO[Si](c1ccccc1)(c1ccccc1)C(C)(C)C.CCC=C(C)CCO[Si](c1ccccc1)(c1ccccc1)C(C)(C)C.CCCC#CC(=O)OC.O=C=O. The summed E-state index contributed by atoms with van der Waals surface area (Å²) >= 11 is 5.82. The summed E-state index contributed by atoms with van der Waals surface area (Å²) in [7, 11) is -8.23. The number of halogens is 1. The van der Waals surface area contributed by atoms with Gasteiger partial charge >= 0.3 is 12.1 Å². The molecule has 0 radical (unpaired) electrons. The number of aliphatic hydroxyl groups excluding tert-OH is 2. The molecule has 0 spiro atoms. The number of hydrogen-bond donors (Lipinski definition) is 2. The van der Waals surface area contributed by atoms with Crippen LogP contribution in [0.2, 0.25) is 20.2 Å². The maximum atomic E-state index is 10.3. The Balaban J connectivity index is 0.000000743. The number of aliphatic hydroxyl groups is 2. The molecule has 8 aromatic carbocycles. The smallest absolute Gasteiger partial charge is 0.384 e. The quantitative estimate of drug-likeness (QED) is 0.0112. The van der Waals surface area contributed by atoms with Gasteiger partial charge in [-0.15, -0.1) is 36.3 Å². The van der Waals surface area contributed by atoms with E-state index in [1.807, 2.05) is 19.9 Å². The van der Waals surface area contributed by atoms with Crippen molar-refractivity contribution in [3.05, 3.63) is 289 Å². The Hall–Kier alpha value is -8.83. The fourth-order valence-electron chi connectivity index (χ4n) is 14.1. The Kier molecular flexibility index (Phi) is 55.2. The second-order valence-corrected chi connectivity index (χ2v) is 50.9. The molecule has 0 aliphatic carbocycles. The Morgan fingerprint density at radius 1 is 0.388 bits per heavy atom. The first-order valence-corrected chi connectivity index (χ1v) is 50.7. The molecule has 0 saturated carbocycles. The first-order chi connectivity index (χ1) is 57.7. The van der Waals surface area contributed by atoms with Crippen molar-refractivity contribution >= 4 is 98.5 Å². The highest BCUT2D eigenvalue weighted by Crippen LogP contribution is 2.41. The van der Waals surface area contributed by atoms with E-state index in [2.05, 4.69) is 414 Å². The predicted octanol–water partition coefficient (Wildman–Crippen LogP) is 21.1. The maximum Gasteiger partial charge on any atom is 0.384 e. The molecule has 15 heteroatoms. The second-order valence-electron chi connectivity index (χ2n) is 33.3. The summed E-state index contributed by atoms with van der Waals surface area (Å²) in [6.45, 7) is 47.7. The van der Waals surface area contributed by atoms with Gasteiger partial charge in [0, 0.05) is 57.5 Å². The molecule has 0 aliphatic heterocycles. The number of unbranched alkanes of at least 4 members (excludes halogenated alkanes) is 2. The summed E-state index contributed by atoms with van der Waals surface area (Å²) in [5.41, 5.74) is 5.25. The van der Waals surface area contributed by atoms with Crippen molar-refractivity contribution in [1.29, 1.82) is 0 Å². The van der Waals surface area contributed by atoms with Crippen LogP contribution in [0.5, 0.6) is 0 Å². The number of methoxy groups -OCH3 is 1. The van der Waals surface area contributed by atoms with E-state index in [1.54, 1.807) is 0 Å². The largest absolute Gasteiger partial charge is 0.459 e. The molecule has 0 bridgehead atoms. The predicted molar refractivity (Wildman–Crippen MR) is 526 cm³/mol. The summed E-state index contributed by atoms with van der Waals surface area (Å²) in [6, 6.07) is 86.3. The van der Waals surface area contributed by atoms with Crippen LogP contribution in [0, 0.1) is 36.5 Å². The van der Waals surface area contributed by atoms with Gasteiger partial charge < -0.3 is 32.7 Å². The Bertz CT molecular complexity index is 3920. The highest BCUT2D eigenvalue weighted by molar-refractivity contribution is 7.01. The van der Waals surface area contributed by atoms with Gasteiger partial charge in [-0.05, 0) is 141 Å². The van der Waals surface area contributed by atoms with Crippen molar-refractivity contribution in [2.75, 3.05) is 52.6 Å².